The average molecular weight is 369 g/mol. The number of rotatable bonds is 5. The van der Waals surface area contributed by atoms with Gasteiger partial charge in [-0.05, 0) is 55.5 Å². The number of carbonyl (C=O) groups excluding carboxylic acids is 1. The molecule has 1 aromatic heterocycles. The Morgan fingerprint density at radius 1 is 1.04 bits per heavy atom. The number of halogens is 1. The largest absolute Gasteiger partial charge is 0.497 e. The van der Waals surface area contributed by atoms with Crippen molar-refractivity contribution in [1.29, 1.82) is 0 Å². The highest BCUT2D eigenvalue weighted by Gasteiger charge is 2.11. The smallest absolute Gasteiger partial charge is 0.274 e. The lowest BCUT2D eigenvalue weighted by atomic mass is 10.2. The van der Waals surface area contributed by atoms with Crippen molar-refractivity contribution in [3.63, 3.8) is 0 Å². The molecule has 0 spiro atoms. The Bertz CT molecular complexity index is 929. The van der Waals surface area contributed by atoms with Crippen molar-refractivity contribution in [2.75, 3.05) is 17.7 Å². The maximum atomic E-state index is 12.5. The van der Waals surface area contributed by atoms with Crippen molar-refractivity contribution in [2.24, 2.45) is 0 Å². The number of hydrogen-bond acceptors (Lipinski definition) is 5. The highest BCUT2D eigenvalue weighted by molar-refractivity contribution is 6.30. The Morgan fingerprint density at radius 3 is 2.50 bits per heavy atom. The lowest BCUT2D eigenvalue weighted by Gasteiger charge is -2.09. The van der Waals surface area contributed by atoms with Crippen molar-refractivity contribution >= 4 is 34.8 Å². The second kappa shape index (κ2) is 7.84. The lowest BCUT2D eigenvalue weighted by molar-refractivity contribution is 0.102. The minimum Gasteiger partial charge on any atom is -0.497 e. The van der Waals surface area contributed by atoms with E-state index < -0.39 is 0 Å². The maximum absolute atomic E-state index is 12.5. The van der Waals surface area contributed by atoms with E-state index in [4.69, 9.17) is 16.3 Å². The second-order valence-corrected chi connectivity index (χ2v) is 5.97. The molecule has 2 aromatic carbocycles. The number of nitrogens with zero attached hydrogens (tertiary/aromatic N) is 2. The van der Waals surface area contributed by atoms with Crippen LogP contribution in [0.5, 0.6) is 5.75 Å². The Morgan fingerprint density at radius 2 is 1.81 bits per heavy atom. The molecule has 0 aliphatic rings. The Labute approximate surface area is 156 Å². The number of carbonyl (C=O) groups is 1. The second-order valence-electron chi connectivity index (χ2n) is 5.54. The van der Waals surface area contributed by atoms with E-state index in [-0.39, 0.29) is 11.6 Å². The van der Waals surface area contributed by atoms with Gasteiger partial charge in [0.15, 0.2) is 0 Å². The first-order valence-electron chi connectivity index (χ1n) is 7.87. The third kappa shape index (κ3) is 4.49. The molecular formula is C19H17ClN4O2. The molecular weight excluding hydrogens is 352 g/mol. The summed E-state index contributed by atoms with van der Waals surface area (Å²) in [5, 5.41) is 6.46. The summed E-state index contributed by atoms with van der Waals surface area (Å²) in [6.45, 7) is 1.80. The number of benzene rings is 2. The van der Waals surface area contributed by atoms with E-state index in [2.05, 4.69) is 20.6 Å². The highest BCUT2D eigenvalue weighted by atomic mass is 35.5. The molecule has 6 nitrogen and oxygen atoms in total. The van der Waals surface area contributed by atoms with Crippen LogP contribution in [0.1, 0.15) is 16.2 Å². The predicted octanol–water partition coefficient (Wildman–Crippen LogP) is 4.44. The van der Waals surface area contributed by atoms with Gasteiger partial charge in [-0.25, -0.2) is 9.97 Å². The van der Waals surface area contributed by atoms with Crippen LogP contribution in [0.4, 0.5) is 17.3 Å². The number of methoxy groups -OCH3 is 1. The first-order valence-corrected chi connectivity index (χ1v) is 8.25. The minimum absolute atomic E-state index is 0.262. The summed E-state index contributed by atoms with van der Waals surface area (Å²) in [7, 11) is 1.59. The molecule has 1 heterocycles. The van der Waals surface area contributed by atoms with Crippen LogP contribution in [-0.4, -0.2) is 23.0 Å². The predicted molar refractivity (Wildman–Crippen MR) is 102 cm³/mol. The van der Waals surface area contributed by atoms with Crippen LogP contribution in [0, 0.1) is 6.92 Å². The van der Waals surface area contributed by atoms with Gasteiger partial charge in [-0.1, -0.05) is 17.7 Å². The maximum Gasteiger partial charge on any atom is 0.274 e. The summed E-state index contributed by atoms with van der Waals surface area (Å²) in [4.78, 5) is 21.1. The summed E-state index contributed by atoms with van der Waals surface area (Å²) < 4.78 is 5.10. The molecule has 0 bridgehead atoms. The molecule has 0 fully saturated rings. The van der Waals surface area contributed by atoms with E-state index in [0.29, 0.717) is 28.1 Å². The quantitative estimate of drug-likeness (QED) is 0.696. The highest BCUT2D eigenvalue weighted by Crippen LogP contribution is 2.19. The fourth-order valence-corrected chi connectivity index (χ4v) is 2.50. The molecule has 3 rings (SSSR count). The molecule has 0 atom stereocenters. The third-order valence-corrected chi connectivity index (χ3v) is 3.75. The Balaban J connectivity index is 1.78. The summed E-state index contributed by atoms with van der Waals surface area (Å²) in [5.74, 6) is 0.718. The van der Waals surface area contributed by atoms with Crippen LogP contribution in [-0.2, 0) is 0 Å². The summed E-state index contributed by atoms with van der Waals surface area (Å²) in [6, 6.07) is 15.9. The van der Waals surface area contributed by atoms with Crippen LogP contribution in [0.25, 0.3) is 0 Å². The molecule has 1 amide bonds. The molecule has 0 radical (unpaired) electrons. The van der Waals surface area contributed by atoms with Gasteiger partial charge in [-0.3, -0.25) is 4.79 Å². The zero-order chi connectivity index (χ0) is 18.5. The summed E-state index contributed by atoms with van der Waals surface area (Å²) in [6.07, 6.45) is 0. The van der Waals surface area contributed by atoms with E-state index in [9.17, 15) is 4.79 Å². The van der Waals surface area contributed by atoms with Crippen LogP contribution in [0.3, 0.4) is 0 Å². The van der Waals surface area contributed by atoms with Crippen molar-refractivity contribution in [3.8, 4) is 5.75 Å². The van der Waals surface area contributed by atoms with Gasteiger partial charge in [-0.2, -0.15) is 0 Å². The Kier molecular flexibility index (Phi) is 5.34. The number of ether oxygens (including phenoxy) is 1. The van der Waals surface area contributed by atoms with Gasteiger partial charge in [0.05, 0.1) is 7.11 Å². The molecule has 7 heteroatoms. The van der Waals surface area contributed by atoms with Crippen LogP contribution in [0.2, 0.25) is 5.02 Å². The van der Waals surface area contributed by atoms with E-state index >= 15 is 0 Å². The monoisotopic (exact) mass is 368 g/mol. The van der Waals surface area contributed by atoms with Crippen molar-refractivity contribution in [1.82, 2.24) is 9.97 Å². The topological polar surface area (TPSA) is 76.1 Å². The average Bonchev–Trinajstić information content (AvgIpc) is 2.62. The van der Waals surface area contributed by atoms with Gasteiger partial charge in [0, 0.05) is 22.1 Å². The number of aromatic nitrogens is 2. The van der Waals surface area contributed by atoms with E-state index in [1.807, 2.05) is 12.1 Å². The molecule has 0 aliphatic heterocycles. The molecule has 26 heavy (non-hydrogen) atoms. The molecule has 0 saturated carbocycles. The van der Waals surface area contributed by atoms with Gasteiger partial charge in [0.25, 0.3) is 5.91 Å². The van der Waals surface area contributed by atoms with Crippen molar-refractivity contribution < 1.29 is 9.53 Å². The molecule has 3 aromatic rings. The fraction of sp³-hybridized carbons (Fsp3) is 0.105. The van der Waals surface area contributed by atoms with Gasteiger partial charge >= 0.3 is 0 Å². The summed E-state index contributed by atoms with van der Waals surface area (Å²) in [5.41, 5.74) is 2.32. The molecule has 0 saturated heterocycles. The number of amides is 1. The van der Waals surface area contributed by atoms with E-state index in [1.54, 1.807) is 56.5 Å². The number of aryl methyl sites for hydroxylation is 1. The standard InChI is InChI=1S/C19H17ClN4O2/c1-12-10-17(18(25)22-14-6-8-16(26-2)9-7-14)24-19(21-12)23-15-5-3-4-13(20)11-15/h3-11H,1-2H3,(H,22,25)(H,21,23,24). The summed E-state index contributed by atoms with van der Waals surface area (Å²) >= 11 is 5.98. The molecule has 132 valence electrons. The van der Waals surface area contributed by atoms with Crippen LogP contribution >= 0.6 is 11.6 Å². The van der Waals surface area contributed by atoms with Crippen LogP contribution < -0.4 is 15.4 Å². The zero-order valence-electron chi connectivity index (χ0n) is 14.3. The molecule has 0 aliphatic carbocycles. The van der Waals surface area contributed by atoms with Crippen molar-refractivity contribution in [2.45, 2.75) is 6.92 Å². The van der Waals surface area contributed by atoms with Gasteiger partial charge in [0.1, 0.15) is 11.4 Å². The van der Waals surface area contributed by atoms with E-state index in [1.165, 1.54) is 0 Å². The van der Waals surface area contributed by atoms with Gasteiger partial charge in [-0.15, -0.1) is 0 Å². The number of anilines is 3. The Hall–Kier alpha value is -3.12. The van der Waals surface area contributed by atoms with Gasteiger partial charge in [0.2, 0.25) is 5.95 Å². The van der Waals surface area contributed by atoms with E-state index in [0.717, 1.165) is 5.69 Å². The first kappa shape index (κ1) is 17.7. The minimum atomic E-state index is -0.324. The zero-order valence-corrected chi connectivity index (χ0v) is 15.0. The number of nitrogens with one attached hydrogen (secondary N) is 2. The first-order chi connectivity index (χ1) is 12.5. The normalized spacial score (nSPS) is 10.3. The molecule has 2 N–H and O–H groups in total. The van der Waals surface area contributed by atoms with Gasteiger partial charge < -0.3 is 15.4 Å². The lowest BCUT2D eigenvalue weighted by Crippen LogP contribution is -2.15. The number of hydrogen-bond donors (Lipinski definition) is 2. The van der Waals surface area contributed by atoms with Crippen molar-refractivity contribution in [3.05, 3.63) is 71.0 Å². The SMILES string of the molecule is COc1ccc(NC(=O)c2cc(C)nc(Nc3cccc(Cl)c3)n2)cc1. The van der Waals surface area contributed by atoms with Crippen LogP contribution in [0.15, 0.2) is 54.6 Å². The fourth-order valence-electron chi connectivity index (χ4n) is 2.31. The molecule has 0 unspecified atom stereocenters. The third-order valence-electron chi connectivity index (χ3n) is 3.52.